The number of carbonyl (C=O) groups excluding carboxylic acids is 1. The lowest BCUT2D eigenvalue weighted by atomic mass is 10.1. The Morgan fingerprint density at radius 2 is 2.60 bits per heavy atom. The number of nitrogens with zero attached hydrogens (tertiary/aromatic N) is 3. The Balaban J connectivity index is 2.29. The molecule has 5 nitrogen and oxygen atoms in total. The molecule has 1 fully saturated rings. The van der Waals surface area contributed by atoms with Gasteiger partial charge in [0.2, 0.25) is 5.91 Å². The van der Waals surface area contributed by atoms with E-state index >= 15 is 0 Å². The van der Waals surface area contributed by atoms with Crippen LogP contribution in [0.25, 0.3) is 0 Å². The number of rotatable bonds is 2. The van der Waals surface area contributed by atoms with Crippen LogP contribution in [-0.2, 0) is 4.79 Å². The van der Waals surface area contributed by atoms with Crippen LogP contribution in [0.15, 0.2) is 23.4 Å². The van der Waals surface area contributed by atoms with Crippen LogP contribution in [-0.4, -0.2) is 17.6 Å². The quantitative estimate of drug-likeness (QED) is 0.674. The van der Waals surface area contributed by atoms with Crippen molar-refractivity contribution in [1.82, 2.24) is 5.16 Å². The molecule has 1 unspecified atom stereocenters. The van der Waals surface area contributed by atoms with Gasteiger partial charge in [0.15, 0.2) is 0 Å². The number of amides is 1. The van der Waals surface area contributed by atoms with Gasteiger partial charge in [-0.15, -0.1) is 6.58 Å². The number of nitriles is 1. The van der Waals surface area contributed by atoms with Crippen molar-refractivity contribution in [1.29, 1.82) is 5.26 Å². The Hall–Kier alpha value is -2.09. The Labute approximate surface area is 86.6 Å². The highest BCUT2D eigenvalue weighted by Gasteiger charge is 2.32. The monoisotopic (exact) mass is 203 g/mol. The predicted octanol–water partition coefficient (Wildman–Crippen LogP) is 1.09. The molecule has 15 heavy (non-hydrogen) atoms. The molecular weight excluding hydrogens is 194 g/mol. The molecule has 1 aliphatic rings. The molecule has 0 aliphatic carbocycles. The number of hydrogen-bond acceptors (Lipinski definition) is 4. The SMILES string of the molecule is C=CC1CC(=O)N(c2oncc2C#N)C1. The van der Waals surface area contributed by atoms with Gasteiger partial charge in [-0.1, -0.05) is 11.2 Å². The van der Waals surface area contributed by atoms with E-state index in [2.05, 4.69) is 11.7 Å². The normalized spacial score (nSPS) is 20.3. The first-order valence-corrected chi connectivity index (χ1v) is 4.54. The van der Waals surface area contributed by atoms with E-state index in [0.29, 0.717) is 13.0 Å². The molecule has 0 spiro atoms. The lowest BCUT2D eigenvalue weighted by Gasteiger charge is -2.11. The Kier molecular flexibility index (Phi) is 2.26. The van der Waals surface area contributed by atoms with E-state index in [1.54, 1.807) is 6.08 Å². The fourth-order valence-corrected chi connectivity index (χ4v) is 1.59. The molecular formula is C10H9N3O2. The highest BCUT2D eigenvalue weighted by atomic mass is 16.5. The summed E-state index contributed by atoms with van der Waals surface area (Å²) in [5, 5.41) is 12.3. The van der Waals surface area contributed by atoms with Gasteiger partial charge in [0, 0.05) is 18.9 Å². The van der Waals surface area contributed by atoms with Gasteiger partial charge in [-0.3, -0.25) is 9.69 Å². The molecule has 0 aromatic carbocycles. The average molecular weight is 203 g/mol. The van der Waals surface area contributed by atoms with Crippen molar-refractivity contribution in [3.8, 4) is 6.07 Å². The Morgan fingerprint density at radius 1 is 1.80 bits per heavy atom. The van der Waals surface area contributed by atoms with Crippen molar-refractivity contribution < 1.29 is 9.32 Å². The Bertz CT molecular complexity index is 444. The molecule has 1 aromatic heterocycles. The first-order valence-electron chi connectivity index (χ1n) is 4.54. The smallest absolute Gasteiger partial charge is 0.251 e. The number of carbonyl (C=O) groups is 1. The molecule has 76 valence electrons. The van der Waals surface area contributed by atoms with Crippen molar-refractivity contribution in [3.05, 3.63) is 24.4 Å². The van der Waals surface area contributed by atoms with Gasteiger partial charge >= 0.3 is 0 Å². The highest BCUT2D eigenvalue weighted by molar-refractivity contribution is 5.95. The molecule has 0 saturated carbocycles. The van der Waals surface area contributed by atoms with Crippen LogP contribution in [0, 0.1) is 17.2 Å². The Morgan fingerprint density at radius 3 is 3.20 bits per heavy atom. The van der Waals surface area contributed by atoms with Crippen LogP contribution in [0.4, 0.5) is 5.88 Å². The van der Waals surface area contributed by atoms with Gasteiger partial charge in [-0.05, 0) is 0 Å². The van der Waals surface area contributed by atoms with Gasteiger partial charge < -0.3 is 4.52 Å². The van der Waals surface area contributed by atoms with E-state index < -0.39 is 0 Å². The summed E-state index contributed by atoms with van der Waals surface area (Å²) in [5.74, 6) is 0.300. The molecule has 1 aromatic rings. The van der Waals surface area contributed by atoms with E-state index in [-0.39, 0.29) is 23.3 Å². The molecule has 1 saturated heterocycles. The summed E-state index contributed by atoms with van der Waals surface area (Å²) in [6, 6.07) is 1.93. The van der Waals surface area contributed by atoms with Gasteiger partial charge in [0.25, 0.3) is 5.88 Å². The molecule has 0 bridgehead atoms. The van der Waals surface area contributed by atoms with Crippen LogP contribution in [0.3, 0.4) is 0 Å². The molecule has 1 aliphatic heterocycles. The zero-order valence-electron chi connectivity index (χ0n) is 8.01. The molecule has 2 rings (SSSR count). The predicted molar refractivity (Wildman–Crippen MR) is 51.9 cm³/mol. The minimum absolute atomic E-state index is 0.0619. The topological polar surface area (TPSA) is 70.1 Å². The lowest BCUT2D eigenvalue weighted by molar-refractivity contribution is -0.117. The fraction of sp³-hybridized carbons (Fsp3) is 0.300. The summed E-state index contributed by atoms with van der Waals surface area (Å²) in [6.45, 7) is 4.15. The average Bonchev–Trinajstić information content (AvgIpc) is 2.82. The number of hydrogen-bond donors (Lipinski definition) is 0. The van der Waals surface area contributed by atoms with Gasteiger partial charge in [-0.2, -0.15) is 5.26 Å². The van der Waals surface area contributed by atoms with Crippen molar-refractivity contribution in [2.45, 2.75) is 6.42 Å². The van der Waals surface area contributed by atoms with Crippen LogP contribution >= 0.6 is 0 Å². The van der Waals surface area contributed by atoms with Crippen LogP contribution in [0.5, 0.6) is 0 Å². The van der Waals surface area contributed by atoms with Gasteiger partial charge in [-0.25, -0.2) is 0 Å². The maximum absolute atomic E-state index is 11.6. The number of anilines is 1. The molecule has 0 N–H and O–H groups in total. The largest absolute Gasteiger partial charge is 0.337 e. The third-order valence-corrected chi connectivity index (χ3v) is 2.41. The second-order valence-electron chi connectivity index (χ2n) is 3.36. The third kappa shape index (κ3) is 1.50. The minimum atomic E-state index is -0.0619. The van der Waals surface area contributed by atoms with E-state index in [0.717, 1.165) is 0 Å². The lowest BCUT2D eigenvalue weighted by Crippen LogP contribution is -2.24. The van der Waals surface area contributed by atoms with Crippen molar-refractivity contribution in [2.24, 2.45) is 5.92 Å². The summed E-state index contributed by atoms with van der Waals surface area (Å²) < 4.78 is 4.90. The molecule has 2 heterocycles. The second-order valence-corrected chi connectivity index (χ2v) is 3.36. The molecule has 5 heteroatoms. The summed E-state index contributed by atoms with van der Waals surface area (Å²) in [5.41, 5.74) is 0.285. The highest BCUT2D eigenvalue weighted by Crippen LogP contribution is 2.27. The van der Waals surface area contributed by atoms with E-state index in [4.69, 9.17) is 9.78 Å². The summed E-state index contributed by atoms with van der Waals surface area (Å²) >= 11 is 0. The molecule has 1 atom stereocenters. The number of aromatic nitrogens is 1. The van der Waals surface area contributed by atoms with E-state index in [1.165, 1.54) is 11.1 Å². The van der Waals surface area contributed by atoms with E-state index in [1.807, 2.05) is 6.07 Å². The third-order valence-electron chi connectivity index (χ3n) is 2.41. The minimum Gasteiger partial charge on any atom is -0.337 e. The molecule has 0 radical (unpaired) electrons. The van der Waals surface area contributed by atoms with E-state index in [9.17, 15) is 4.79 Å². The van der Waals surface area contributed by atoms with Gasteiger partial charge in [0.05, 0.1) is 6.20 Å². The second kappa shape index (κ2) is 3.58. The zero-order chi connectivity index (χ0) is 10.8. The van der Waals surface area contributed by atoms with Crippen molar-refractivity contribution in [3.63, 3.8) is 0 Å². The summed E-state index contributed by atoms with van der Waals surface area (Å²) in [7, 11) is 0. The standard InChI is InChI=1S/C10H9N3O2/c1-2-7-3-9(14)13(6-7)10-8(4-11)5-12-15-10/h2,5,7H,1,3,6H2. The van der Waals surface area contributed by atoms with Crippen LogP contribution in [0.1, 0.15) is 12.0 Å². The summed E-state index contributed by atoms with van der Waals surface area (Å²) in [4.78, 5) is 13.0. The van der Waals surface area contributed by atoms with Crippen LogP contribution in [0.2, 0.25) is 0 Å². The zero-order valence-corrected chi connectivity index (χ0v) is 8.01. The van der Waals surface area contributed by atoms with Crippen molar-refractivity contribution in [2.75, 3.05) is 11.4 Å². The maximum atomic E-state index is 11.6. The molecule has 1 amide bonds. The van der Waals surface area contributed by atoms with Crippen molar-refractivity contribution >= 4 is 11.8 Å². The first-order chi connectivity index (χ1) is 7.26. The summed E-state index contributed by atoms with van der Waals surface area (Å²) in [6.07, 6.45) is 3.46. The van der Waals surface area contributed by atoms with Crippen LogP contribution < -0.4 is 4.90 Å². The first kappa shape index (κ1) is 9.46. The van der Waals surface area contributed by atoms with Gasteiger partial charge in [0.1, 0.15) is 11.6 Å². The maximum Gasteiger partial charge on any atom is 0.251 e. The fourth-order valence-electron chi connectivity index (χ4n) is 1.59.